The maximum absolute atomic E-state index is 12.7. The van der Waals surface area contributed by atoms with Crippen molar-refractivity contribution in [3.05, 3.63) is 29.6 Å². The van der Waals surface area contributed by atoms with E-state index in [1.54, 1.807) is 11.8 Å². The zero-order valence-corrected chi connectivity index (χ0v) is 16.5. The number of oxazole rings is 1. The summed E-state index contributed by atoms with van der Waals surface area (Å²) in [6.45, 7) is 3.15. The highest BCUT2D eigenvalue weighted by atomic mass is 32.2. The third-order valence-corrected chi connectivity index (χ3v) is 7.24. The smallest absolute Gasteiger partial charge is 0.291 e. The molecule has 28 heavy (non-hydrogen) atoms. The van der Waals surface area contributed by atoms with E-state index >= 15 is 0 Å². The van der Waals surface area contributed by atoms with Crippen LogP contribution in [0.5, 0.6) is 0 Å². The number of carbonyl (C=O) groups excluding carboxylic acids is 1. The summed E-state index contributed by atoms with van der Waals surface area (Å²) in [5.74, 6) is 1.28. The molecule has 4 heterocycles. The van der Waals surface area contributed by atoms with Gasteiger partial charge < -0.3 is 13.8 Å². The molecule has 150 valence electrons. The Balaban J connectivity index is 1.41. The first-order valence-corrected chi connectivity index (χ1v) is 11.1. The Morgan fingerprint density at radius 1 is 1.29 bits per heavy atom. The molecule has 10 nitrogen and oxygen atoms in total. The van der Waals surface area contributed by atoms with Crippen LogP contribution < -0.4 is 0 Å². The first kappa shape index (κ1) is 17.8. The summed E-state index contributed by atoms with van der Waals surface area (Å²) in [5, 5.41) is 4.08. The number of aryl methyl sites for hydroxylation is 1. The van der Waals surface area contributed by atoms with Gasteiger partial charge in [0.25, 0.3) is 5.91 Å². The van der Waals surface area contributed by atoms with Crippen molar-refractivity contribution in [3.8, 4) is 0 Å². The molecule has 0 aromatic carbocycles. The minimum Gasteiger partial charge on any atom is -0.438 e. The minimum atomic E-state index is -3.36. The third-order valence-electron chi connectivity index (χ3n) is 6.02. The van der Waals surface area contributed by atoms with E-state index in [0.29, 0.717) is 43.0 Å². The van der Waals surface area contributed by atoms with Gasteiger partial charge in [-0.1, -0.05) is 5.16 Å². The van der Waals surface area contributed by atoms with E-state index < -0.39 is 15.4 Å². The van der Waals surface area contributed by atoms with Crippen molar-refractivity contribution in [1.82, 2.24) is 24.3 Å². The fourth-order valence-corrected chi connectivity index (χ4v) is 5.15. The van der Waals surface area contributed by atoms with E-state index in [-0.39, 0.29) is 24.1 Å². The van der Waals surface area contributed by atoms with Crippen LogP contribution in [0.2, 0.25) is 0 Å². The van der Waals surface area contributed by atoms with Crippen molar-refractivity contribution in [1.29, 1.82) is 0 Å². The minimum absolute atomic E-state index is 0.221. The van der Waals surface area contributed by atoms with E-state index in [9.17, 15) is 13.2 Å². The van der Waals surface area contributed by atoms with Gasteiger partial charge >= 0.3 is 0 Å². The molecule has 5 rings (SSSR count). The molecule has 1 aliphatic carbocycles. The predicted molar refractivity (Wildman–Crippen MR) is 95.0 cm³/mol. The first-order chi connectivity index (χ1) is 13.3. The number of hydrogen-bond acceptors (Lipinski definition) is 8. The van der Waals surface area contributed by atoms with Crippen LogP contribution in [0.4, 0.5) is 0 Å². The Kier molecular flexibility index (Phi) is 3.73. The average Bonchev–Trinajstić information content (AvgIpc) is 3.03. The number of nitrogens with zero attached hydrogens (tertiary/aromatic N) is 5. The molecular formula is C17H21N5O5S. The molecule has 1 amide bonds. The molecule has 1 saturated carbocycles. The van der Waals surface area contributed by atoms with Gasteiger partial charge in [-0.15, -0.1) is 0 Å². The van der Waals surface area contributed by atoms with Crippen LogP contribution >= 0.6 is 0 Å². The molecule has 3 aliphatic rings. The number of likely N-dealkylation sites (tertiary alicyclic amines) is 1. The van der Waals surface area contributed by atoms with Crippen LogP contribution in [0.3, 0.4) is 0 Å². The third kappa shape index (κ3) is 2.75. The van der Waals surface area contributed by atoms with Gasteiger partial charge in [-0.3, -0.25) is 4.79 Å². The van der Waals surface area contributed by atoms with Gasteiger partial charge in [0.15, 0.2) is 12.2 Å². The molecular weight excluding hydrogens is 386 g/mol. The number of amides is 1. The highest BCUT2D eigenvalue weighted by Crippen LogP contribution is 2.50. The second kappa shape index (κ2) is 5.86. The van der Waals surface area contributed by atoms with Crippen molar-refractivity contribution < 1.29 is 22.2 Å². The molecule has 11 heteroatoms. The highest BCUT2D eigenvalue weighted by molar-refractivity contribution is 7.88. The molecule has 1 spiro atoms. The van der Waals surface area contributed by atoms with Crippen LogP contribution in [-0.4, -0.2) is 71.1 Å². The molecule has 1 unspecified atom stereocenters. The van der Waals surface area contributed by atoms with Gasteiger partial charge in [-0.2, -0.15) is 4.98 Å². The SMILES string of the molecule is Cc1ncoc1C(=O)N1CC2(C1)CN(S(C)(=O)=O)CC2c1nc(C2CC2)no1. The Morgan fingerprint density at radius 3 is 2.64 bits per heavy atom. The van der Waals surface area contributed by atoms with E-state index in [0.717, 1.165) is 12.8 Å². The second-order valence-electron chi connectivity index (χ2n) is 8.16. The quantitative estimate of drug-likeness (QED) is 0.727. The van der Waals surface area contributed by atoms with E-state index in [2.05, 4.69) is 15.1 Å². The Bertz CT molecular complexity index is 1030. The number of sulfonamides is 1. The molecule has 2 aromatic heterocycles. The molecule has 0 radical (unpaired) electrons. The van der Waals surface area contributed by atoms with Crippen LogP contribution in [0, 0.1) is 12.3 Å². The first-order valence-electron chi connectivity index (χ1n) is 9.25. The van der Waals surface area contributed by atoms with Gasteiger partial charge in [0, 0.05) is 37.5 Å². The Hall–Kier alpha value is -2.27. The Labute approximate surface area is 161 Å². The maximum atomic E-state index is 12.7. The fraction of sp³-hybridized carbons (Fsp3) is 0.647. The summed E-state index contributed by atoms with van der Waals surface area (Å²) >= 11 is 0. The fourth-order valence-electron chi connectivity index (χ4n) is 4.24. The molecule has 3 fully saturated rings. The van der Waals surface area contributed by atoms with Gasteiger partial charge in [0.05, 0.1) is 17.9 Å². The number of carbonyl (C=O) groups is 1. The lowest BCUT2D eigenvalue weighted by Crippen LogP contribution is -2.61. The van der Waals surface area contributed by atoms with Crippen LogP contribution in [0.15, 0.2) is 15.3 Å². The largest absolute Gasteiger partial charge is 0.438 e. The number of hydrogen-bond donors (Lipinski definition) is 0. The standard InChI is InChI=1S/C17H21N5O5S/c1-10-13(26-9-18-10)16(23)21-6-17(7-21)8-22(28(2,24)25)5-12(17)15-19-14(20-27-15)11-3-4-11/h9,11-12H,3-8H2,1-2H3. The summed E-state index contributed by atoms with van der Waals surface area (Å²) in [6, 6.07) is 0. The second-order valence-corrected chi connectivity index (χ2v) is 10.1. The zero-order chi connectivity index (χ0) is 19.7. The summed E-state index contributed by atoms with van der Waals surface area (Å²) in [6.07, 6.45) is 4.57. The summed E-state index contributed by atoms with van der Waals surface area (Å²) in [4.78, 5) is 22.9. The highest BCUT2D eigenvalue weighted by Gasteiger charge is 2.59. The van der Waals surface area contributed by atoms with Gasteiger partial charge in [0.2, 0.25) is 21.7 Å². The van der Waals surface area contributed by atoms with Crippen LogP contribution in [-0.2, 0) is 10.0 Å². The van der Waals surface area contributed by atoms with Crippen LogP contribution in [0.1, 0.15) is 52.6 Å². The monoisotopic (exact) mass is 407 g/mol. The lowest BCUT2D eigenvalue weighted by molar-refractivity contribution is -0.000910. The molecule has 0 bridgehead atoms. The van der Waals surface area contributed by atoms with Crippen LogP contribution in [0.25, 0.3) is 0 Å². The van der Waals surface area contributed by atoms with Crippen molar-refractivity contribution in [2.45, 2.75) is 31.6 Å². The summed E-state index contributed by atoms with van der Waals surface area (Å²) in [7, 11) is -3.36. The topological polar surface area (TPSA) is 123 Å². The van der Waals surface area contributed by atoms with Gasteiger partial charge in [-0.05, 0) is 19.8 Å². The average molecular weight is 407 g/mol. The normalized spacial score (nSPS) is 24.6. The maximum Gasteiger partial charge on any atom is 0.291 e. The molecule has 2 saturated heterocycles. The van der Waals surface area contributed by atoms with E-state index in [4.69, 9.17) is 8.94 Å². The zero-order valence-electron chi connectivity index (χ0n) is 15.7. The van der Waals surface area contributed by atoms with Crippen molar-refractivity contribution in [2.75, 3.05) is 32.4 Å². The predicted octanol–water partition coefficient (Wildman–Crippen LogP) is 0.745. The van der Waals surface area contributed by atoms with Gasteiger partial charge in [0.1, 0.15) is 0 Å². The number of rotatable bonds is 4. The molecule has 2 aliphatic heterocycles. The molecule has 1 atom stereocenters. The molecule has 0 N–H and O–H groups in total. The lowest BCUT2D eigenvalue weighted by Gasteiger charge is -2.49. The van der Waals surface area contributed by atoms with Crippen molar-refractivity contribution in [2.24, 2.45) is 5.41 Å². The summed E-state index contributed by atoms with van der Waals surface area (Å²) in [5.41, 5.74) is 0.109. The molecule has 2 aromatic rings. The van der Waals surface area contributed by atoms with Crippen molar-refractivity contribution in [3.63, 3.8) is 0 Å². The number of aromatic nitrogens is 3. The van der Waals surface area contributed by atoms with E-state index in [1.807, 2.05) is 0 Å². The van der Waals surface area contributed by atoms with E-state index in [1.165, 1.54) is 17.0 Å². The summed E-state index contributed by atoms with van der Waals surface area (Å²) < 4.78 is 36.5. The lowest BCUT2D eigenvalue weighted by atomic mass is 9.71. The van der Waals surface area contributed by atoms with Gasteiger partial charge in [-0.25, -0.2) is 17.7 Å². The Morgan fingerprint density at radius 2 is 2.04 bits per heavy atom. The van der Waals surface area contributed by atoms with Crippen molar-refractivity contribution >= 4 is 15.9 Å².